The van der Waals surface area contributed by atoms with Crippen molar-refractivity contribution < 1.29 is 4.74 Å². The molecule has 2 rings (SSSR count). The molecule has 94 valence electrons. The first-order valence-electron chi connectivity index (χ1n) is 5.50. The maximum absolute atomic E-state index is 5.76. The van der Waals surface area contributed by atoms with Crippen LogP contribution >= 0.6 is 23.6 Å². The molecule has 1 aromatic carbocycles. The number of thiocarbonyl (C=S) groups is 1. The summed E-state index contributed by atoms with van der Waals surface area (Å²) in [6, 6.07) is 5.73. The van der Waals surface area contributed by atoms with Crippen LogP contribution in [0.2, 0.25) is 0 Å². The number of thiazole rings is 1. The van der Waals surface area contributed by atoms with Gasteiger partial charge in [0.05, 0.1) is 10.7 Å². The SMILES string of the molecule is Cc1nc(COc2cc(C(N)=S)ccc2C)cs1. The first-order valence-corrected chi connectivity index (χ1v) is 6.79. The van der Waals surface area contributed by atoms with Gasteiger partial charge in [-0.05, 0) is 25.5 Å². The van der Waals surface area contributed by atoms with Gasteiger partial charge in [-0.1, -0.05) is 24.4 Å². The summed E-state index contributed by atoms with van der Waals surface area (Å²) in [5.41, 5.74) is 8.43. The topological polar surface area (TPSA) is 48.1 Å². The van der Waals surface area contributed by atoms with Crippen molar-refractivity contribution in [2.45, 2.75) is 20.5 Å². The minimum atomic E-state index is 0.379. The highest BCUT2D eigenvalue weighted by Crippen LogP contribution is 2.21. The van der Waals surface area contributed by atoms with Crippen LogP contribution in [-0.4, -0.2) is 9.97 Å². The van der Waals surface area contributed by atoms with Crippen LogP contribution in [0.1, 0.15) is 21.8 Å². The Bertz CT molecular complexity index is 578. The van der Waals surface area contributed by atoms with Gasteiger partial charge in [-0.15, -0.1) is 11.3 Å². The number of aryl methyl sites for hydroxylation is 2. The van der Waals surface area contributed by atoms with Crippen molar-refractivity contribution in [1.29, 1.82) is 0 Å². The molecule has 1 heterocycles. The van der Waals surface area contributed by atoms with Gasteiger partial charge in [0, 0.05) is 10.9 Å². The molecular weight excluding hydrogens is 264 g/mol. The normalized spacial score (nSPS) is 10.3. The van der Waals surface area contributed by atoms with Crippen molar-refractivity contribution in [2.24, 2.45) is 5.73 Å². The summed E-state index contributed by atoms with van der Waals surface area (Å²) in [6.45, 7) is 4.43. The van der Waals surface area contributed by atoms with E-state index < -0.39 is 0 Å². The van der Waals surface area contributed by atoms with Crippen molar-refractivity contribution in [2.75, 3.05) is 0 Å². The van der Waals surface area contributed by atoms with Crippen LogP contribution in [0, 0.1) is 13.8 Å². The van der Waals surface area contributed by atoms with Crippen molar-refractivity contribution in [3.63, 3.8) is 0 Å². The summed E-state index contributed by atoms with van der Waals surface area (Å²) in [6.07, 6.45) is 0. The minimum absolute atomic E-state index is 0.379. The van der Waals surface area contributed by atoms with Gasteiger partial charge in [0.1, 0.15) is 17.3 Å². The van der Waals surface area contributed by atoms with Crippen LogP contribution in [-0.2, 0) is 6.61 Å². The molecule has 0 fully saturated rings. The van der Waals surface area contributed by atoms with E-state index in [9.17, 15) is 0 Å². The fourth-order valence-electron chi connectivity index (χ4n) is 1.54. The standard InChI is InChI=1S/C13H14N2OS2/c1-8-3-4-10(13(14)17)5-12(8)16-6-11-7-18-9(2)15-11/h3-5,7H,6H2,1-2H3,(H2,14,17). The van der Waals surface area contributed by atoms with E-state index in [1.54, 1.807) is 11.3 Å². The van der Waals surface area contributed by atoms with Crippen LogP contribution in [0.4, 0.5) is 0 Å². The van der Waals surface area contributed by atoms with E-state index in [0.717, 1.165) is 27.6 Å². The Kier molecular flexibility index (Phi) is 3.93. The van der Waals surface area contributed by atoms with E-state index >= 15 is 0 Å². The lowest BCUT2D eigenvalue weighted by atomic mass is 10.1. The fourth-order valence-corrected chi connectivity index (χ4v) is 2.26. The number of aromatic nitrogens is 1. The molecule has 0 aliphatic rings. The average molecular weight is 278 g/mol. The smallest absolute Gasteiger partial charge is 0.131 e. The predicted octanol–water partition coefficient (Wildman–Crippen LogP) is 2.97. The summed E-state index contributed by atoms with van der Waals surface area (Å²) in [7, 11) is 0. The molecule has 2 aromatic rings. The molecule has 0 aliphatic heterocycles. The van der Waals surface area contributed by atoms with E-state index in [0.29, 0.717) is 11.6 Å². The lowest BCUT2D eigenvalue weighted by Crippen LogP contribution is -2.09. The maximum Gasteiger partial charge on any atom is 0.131 e. The molecule has 0 bridgehead atoms. The third-order valence-corrected chi connectivity index (χ3v) is 3.57. The first kappa shape index (κ1) is 13.0. The molecule has 0 saturated heterocycles. The zero-order chi connectivity index (χ0) is 13.1. The van der Waals surface area contributed by atoms with Gasteiger partial charge in [-0.25, -0.2) is 4.98 Å². The van der Waals surface area contributed by atoms with Gasteiger partial charge >= 0.3 is 0 Å². The summed E-state index contributed by atoms with van der Waals surface area (Å²) >= 11 is 6.58. The molecule has 0 atom stereocenters. The second-order valence-corrected chi connectivity index (χ2v) is 5.49. The van der Waals surface area contributed by atoms with Gasteiger partial charge in [-0.2, -0.15) is 0 Å². The molecule has 0 spiro atoms. The number of hydrogen-bond acceptors (Lipinski definition) is 4. The van der Waals surface area contributed by atoms with Gasteiger partial charge in [0.25, 0.3) is 0 Å². The number of hydrogen-bond donors (Lipinski definition) is 1. The number of benzene rings is 1. The molecule has 0 unspecified atom stereocenters. The second kappa shape index (κ2) is 5.46. The Labute approximate surface area is 116 Å². The summed E-state index contributed by atoms with van der Waals surface area (Å²) in [5, 5.41) is 3.05. The van der Waals surface area contributed by atoms with Crippen molar-refractivity contribution >= 4 is 28.5 Å². The molecule has 0 amide bonds. The summed E-state index contributed by atoms with van der Waals surface area (Å²) < 4.78 is 5.76. The minimum Gasteiger partial charge on any atom is -0.487 e. The molecular formula is C13H14N2OS2. The van der Waals surface area contributed by atoms with E-state index in [1.165, 1.54) is 0 Å². The molecule has 2 N–H and O–H groups in total. The third-order valence-electron chi connectivity index (χ3n) is 2.51. The number of ether oxygens (including phenoxy) is 1. The Hall–Kier alpha value is -1.46. The Morgan fingerprint density at radius 2 is 2.22 bits per heavy atom. The van der Waals surface area contributed by atoms with Crippen LogP contribution in [0.25, 0.3) is 0 Å². The number of rotatable bonds is 4. The van der Waals surface area contributed by atoms with Crippen LogP contribution in [0.5, 0.6) is 5.75 Å². The largest absolute Gasteiger partial charge is 0.487 e. The second-order valence-electron chi connectivity index (χ2n) is 3.99. The van der Waals surface area contributed by atoms with Gasteiger partial charge < -0.3 is 10.5 Å². The van der Waals surface area contributed by atoms with Gasteiger partial charge in [0.15, 0.2) is 0 Å². The highest BCUT2D eigenvalue weighted by atomic mass is 32.1. The summed E-state index contributed by atoms with van der Waals surface area (Å²) in [5.74, 6) is 0.797. The Balaban J connectivity index is 2.13. The zero-order valence-corrected chi connectivity index (χ0v) is 11.9. The maximum atomic E-state index is 5.76. The number of nitrogens with two attached hydrogens (primary N) is 1. The highest BCUT2D eigenvalue weighted by molar-refractivity contribution is 7.80. The lowest BCUT2D eigenvalue weighted by Gasteiger charge is -2.09. The molecule has 1 aromatic heterocycles. The Morgan fingerprint density at radius 1 is 1.44 bits per heavy atom. The van der Waals surface area contributed by atoms with Crippen molar-refractivity contribution in [3.8, 4) is 5.75 Å². The predicted molar refractivity (Wildman–Crippen MR) is 78.2 cm³/mol. The van der Waals surface area contributed by atoms with E-state index in [1.807, 2.05) is 37.4 Å². The van der Waals surface area contributed by atoms with Crippen LogP contribution in [0.3, 0.4) is 0 Å². The van der Waals surface area contributed by atoms with E-state index in [-0.39, 0.29) is 0 Å². The van der Waals surface area contributed by atoms with Crippen LogP contribution in [0.15, 0.2) is 23.6 Å². The molecule has 0 radical (unpaired) electrons. The van der Waals surface area contributed by atoms with E-state index in [2.05, 4.69) is 4.98 Å². The number of nitrogens with zero attached hydrogens (tertiary/aromatic N) is 1. The monoisotopic (exact) mass is 278 g/mol. The van der Waals surface area contributed by atoms with Gasteiger partial charge in [-0.3, -0.25) is 0 Å². The third kappa shape index (κ3) is 3.05. The van der Waals surface area contributed by atoms with Crippen LogP contribution < -0.4 is 10.5 Å². The zero-order valence-electron chi connectivity index (χ0n) is 10.3. The average Bonchev–Trinajstić information content (AvgIpc) is 2.74. The van der Waals surface area contributed by atoms with Crippen molar-refractivity contribution in [1.82, 2.24) is 4.98 Å². The van der Waals surface area contributed by atoms with Crippen molar-refractivity contribution in [3.05, 3.63) is 45.4 Å². The first-order chi connectivity index (χ1) is 8.56. The van der Waals surface area contributed by atoms with E-state index in [4.69, 9.17) is 22.7 Å². The Morgan fingerprint density at radius 3 is 2.83 bits per heavy atom. The summed E-state index contributed by atoms with van der Waals surface area (Å²) in [4.78, 5) is 4.74. The van der Waals surface area contributed by atoms with Gasteiger partial charge in [0.2, 0.25) is 0 Å². The molecule has 3 nitrogen and oxygen atoms in total. The quantitative estimate of drug-likeness (QED) is 0.874. The molecule has 5 heteroatoms. The fraction of sp³-hybridized carbons (Fsp3) is 0.231. The molecule has 18 heavy (non-hydrogen) atoms. The lowest BCUT2D eigenvalue weighted by molar-refractivity contribution is 0.300. The molecule has 0 aliphatic carbocycles. The highest BCUT2D eigenvalue weighted by Gasteiger charge is 2.05. The molecule has 0 saturated carbocycles.